The van der Waals surface area contributed by atoms with Crippen molar-refractivity contribution >= 4 is 21.7 Å². The predicted octanol–water partition coefficient (Wildman–Crippen LogP) is 6.59. The summed E-state index contributed by atoms with van der Waals surface area (Å²) in [5.41, 5.74) is 3.25. The number of halogens is 1. The summed E-state index contributed by atoms with van der Waals surface area (Å²) >= 11 is 3.57. The number of aromatic nitrogens is 2. The standard InChI is InChI=1S/C26H27BrN2O/c1-2-5-18-8-13-21(18)24(30)14-15-26(19-9-11-20(27)12-10-19)23-7-4-3-6-22(23)25-28-16-17-29(25)26/h3-4,6-7,9-12,16-18,21H,2,5,8,13-15H2,1H3. The van der Waals surface area contributed by atoms with Crippen molar-refractivity contribution < 1.29 is 4.79 Å². The first-order valence-electron chi connectivity index (χ1n) is 11.1. The van der Waals surface area contributed by atoms with Crippen LogP contribution in [0, 0.1) is 11.8 Å². The number of hydrogen-bond acceptors (Lipinski definition) is 2. The molecular formula is C26H27BrN2O. The van der Waals surface area contributed by atoms with Crippen LogP contribution in [0.4, 0.5) is 0 Å². The van der Waals surface area contributed by atoms with Crippen LogP contribution >= 0.6 is 15.9 Å². The fourth-order valence-electron chi connectivity index (χ4n) is 5.60. The van der Waals surface area contributed by atoms with Gasteiger partial charge >= 0.3 is 0 Å². The number of imidazole rings is 1. The minimum atomic E-state index is -0.386. The lowest BCUT2D eigenvalue weighted by molar-refractivity contribution is -0.128. The average molecular weight is 463 g/mol. The smallest absolute Gasteiger partial charge is 0.141 e. The molecule has 1 fully saturated rings. The van der Waals surface area contributed by atoms with Gasteiger partial charge in [0.15, 0.2) is 0 Å². The van der Waals surface area contributed by atoms with Crippen LogP contribution in [0.3, 0.4) is 0 Å². The molecule has 3 aromatic rings. The van der Waals surface area contributed by atoms with Crippen LogP contribution in [-0.2, 0) is 10.3 Å². The second-order valence-corrected chi connectivity index (χ2v) is 9.65. The summed E-state index contributed by atoms with van der Waals surface area (Å²) in [6, 6.07) is 17.1. The first-order chi connectivity index (χ1) is 14.6. The Labute approximate surface area is 186 Å². The number of fused-ring (bicyclic) bond motifs is 3. The fraction of sp³-hybridized carbons (Fsp3) is 0.385. The number of benzene rings is 2. The van der Waals surface area contributed by atoms with Crippen molar-refractivity contribution in [2.75, 3.05) is 0 Å². The molecule has 0 bridgehead atoms. The van der Waals surface area contributed by atoms with Crippen LogP contribution < -0.4 is 0 Å². The topological polar surface area (TPSA) is 34.9 Å². The maximum absolute atomic E-state index is 13.2. The highest BCUT2D eigenvalue weighted by atomic mass is 79.9. The van der Waals surface area contributed by atoms with Crippen molar-refractivity contribution in [2.45, 2.75) is 51.0 Å². The average Bonchev–Trinajstić information content (AvgIpc) is 3.32. The molecule has 5 rings (SSSR count). The van der Waals surface area contributed by atoms with Crippen molar-refractivity contribution in [1.82, 2.24) is 9.55 Å². The molecular weight excluding hydrogens is 436 g/mol. The van der Waals surface area contributed by atoms with Gasteiger partial charge in [0.25, 0.3) is 0 Å². The number of carbonyl (C=O) groups excluding carboxylic acids is 1. The molecule has 0 spiro atoms. The van der Waals surface area contributed by atoms with E-state index in [0.717, 1.165) is 23.1 Å². The first kappa shape index (κ1) is 19.7. The second kappa shape index (κ2) is 7.81. The minimum Gasteiger partial charge on any atom is -0.317 e. The maximum Gasteiger partial charge on any atom is 0.141 e. The SMILES string of the molecule is CCCC1CCC1C(=O)CCC1(c2ccc(Br)cc2)c2ccccc2-c2nccn21. The molecule has 0 amide bonds. The van der Waals surface area contributed by atoms with Gasteiger partial charge in [0.1, 0.15) is 11.6 Å². The van der Waals surface area contributed by atoms with Crippen molar-refractivity contribution in [3.8, 4) is 11.4 Å². The molecule has 2 aromatic carbocycles. The summed E-state index contributed by atoms with van der Waals surface area (Å²) in [4.78, 5) is 17.9. The molecule has 0 saturated heterocycles. The third-order valence-electron chi connectivity index (χ3n) is 7.21. The highest BCUT2D eigenvalue weighted by Crippen LogP contribution is 2.50. The van der Waals surface area contributed by atoms with Crippen LogP contribution in [0.5, 0.6) is 0 Å². The number of ketones is 1. The van der Waals surface area contributed by atoms with Gasteiger partial charge < -0.3 is 4.57 Å². The van der Waals surface area contributed by atoms with Crippen LogP contribution in [0.2, 0.25) is 0 Å². The lowest BCUT2D eigenvalue weighted by Crippen LogP contribution is -2.37. The lowest BCUT2D eigenvalue weighted by atomic mass is 9.67. The monoisotopic (exact) mass is 462 g/mol. The Morgan fingerprint density at radius 3 is 2.70 bits per heavy atom. The van der Waals surface area contributed by atoms with Crippen LogP contribution in [0.1, 0.15) is 56.6 Å². The quantitative estimate of drug-likeness (QED) is 0.396. The zero-order valence-corrected chi connectivity index (χ0v) is 18.9. The summed E-state index contributed by atoms with van der Waals surface area (Å²) < 4.78 is 3.35. The Morgan fingerprint density at radius 2 is 1.97 bits per heavy atom. The largest absolute Gasteiger partial charge is 0.317 e. The third-order valence-corrected chi connectivity index (χ3v) is 7.74. The highest BCUT2D eigenvalue weighted by molar-refractivity contribution is 9.10. The molecule has 3 atom stereocenters. The molecule has 1 aliphatic carbocycles. The summed E-state index contributed by atoms with van der Waals surface area (Å²) in [5, 5.41) is 0. The Balaban J connectivity index is 1.55. The second-order valence-electron chi connectivity index (χ2n) is 8.73. The van der Waals surface area contributed by atoms with Gasteiger partial charge in [-0.2, -0.15) is 0 Å². The van der Waals surface area contributed by atoms with E-state index < -0.39 is 0 Å². The van der Waals surface area contributed by atoms with Crippen molar-refractivity contribution in [3.05, 3.63) is 76.5 Å². The molecule has 0 radical (unpaired) electrons. The molecule has 4 heteroatoms. The zero-order valence-electron chi connectivity index (χ0n) is 17.4. The van der Waals surface area contributed by atoms with Gasteiger partial charge in [0.2, 0.25) is 0 Å². The van der Waals surface area contributed by atoms with E-state index in [2.05, 4.69) is 87.1 Å². The number of carbonyl (C=O) groups is 1. The predicted molar refractivity (Wildman–Crippen MR) is 123 cm³/mol. The Kier molecular flexibility index (Phi) is 5.14. The third kappa shape index (κ3) is 2.99. The molecule has 1 aromatic heterocycles. The van der Waals surface area contributed by atoms with Crippen molar-refractivity contribution in [2.24, 2.45) is 11.8 Å². The maximum atomic E-state index is 13.2. The number of Topliss-reactive ketones (excluding diaryl/α,β-unsaturated/α-hetero) is 1. The van der Waals surface area contributed by atoms with Crippen molar-refractivity contribution in [3.63, 3.8) is 0 Å². The number of hydrogen-bond donors (Lipinski definition) is 0. The van der Waals surface area contributed by atoms with Gasteiger partial charge in [-0.15, -0.1) is 0 Å². The van der Waals surface area contributed by atoms with Crippen LogP contribution in [-0.4, -0.2) is 15.3 Å². The summed E-state index contributed by atoms with van der Waals surface area (Å²) in [6.07, 6.45) is 9.97. The normalized spacial score (nSPS) is 24.2. The highest BCUT2D eigenvalue weighted by Gasteiger charge is 2.45. The minimum absolute atomic E-state index is 0.269. The molecule has 30 heavy (non-hydrogen) atoms. The van der Waals surface area contributed by atoms with E-state index in [4.69, 9.17) is 0 Å². The zero-order chi connectivity index (χ0) is 20.7. The van der Waals surface area contributed by atoms with E-state index in [1.165, 1.54) is 36.0 Å². The van der Waals surface area contributed by atoms with Gasteiger partial charge in [0.05, 0.1) is 5.54 Å². The molecule has 154 valence electrons. The summed E-state index contributed by atoms with van der Waals surface area (Å²) in [5.74, 6) is 2.31. The molecule has 2 aliphatic rings. The van der Waals surface area contributed by atoms with Gasteiger partial charge in [-0.05, 0) is 48.4 Å². The van der Waals surface area contributed by atoms with Gasteiger partial charge in [0, 0.05) is 34.8 Å². The molecule has 1 saturated carbocycles. The number of nitrogens with zero attached hydrogens (tertiary/aromatic N) is 2. The molecule has 3 unspecified atom stereocenters. The van der Waals surface area contributed by atoms with Gasteiger partial charge in [-0.3, -0.25) is 4.79 Å². The lowest BCUT2D eigenvalue weighted by Gasteiger charge is -2.37. The Hall–Kier alpha value is -2.20. The van der Waals surface area contributed by atoms with Crippen molar-refractivity contribution in [1.29, 1.82) is 0 Å². The molecule has 0 N–H and O–H groups in total. The number of rotatable bonds is 7. The van der Waals surface area contributed by atoms with E-state index in [1.807, 2.05) is 6.20 Å². The molecule has 2 heterocycles. The van der Waals surface area contributed by atoms with E-state index in [0.29, 0.717) is 18.1 Å². The Bertz CT molecular complexity index is 1070. The first-order valence-corrected chi connectivity index (χ1v) is 11.9. The van der Waals surface area contributed by atoms with E-state index in [9.17, 15) is 4.79 Å². The van der Waals surface area contributed by atoms with Gasteiger partial charge in [-0.25, -0.2) is 4.98 Å². The summed E-state index contributed by atoms with van der Waals surface area (Å²) in [6.45, 7) is 2.22. The van der Waals surface area contributed by atoms with E-state index in [-0.39, 0.29) is 11.5 Å². The Morgan fingerprint density at radius 1 is 1.17 bits per heavy atom. The van der Waals surface area contributed by atoms with Gasteiger partial charge in [-0.1, -0.05) is 72.1 Å². The van der Waals surface area contributed by atoms with E-state index >= 15 is 0 Å². The van der Waals surface area contributed by atoms with Crippen LogP contribution in [0.25, 0.3) is 11.4 Å². The van der Waals surface area contributed by atoms with E-state index in [1.54, 1.807) is 0 Å². The molecule has 3 nitrogen and oxygen atoms in total. The van der Waals surface area contributed by atoms with Crippen LogP contribution in [0.15, 0.2) is 65.4 Å². The summed E-state index contributed by atoms with van der Waals surface area (Å²) in [7, 11) is 0. The fourth-order valence-corrected chi connectivity index (χ4v) is 5.86. The molecule has 1 aliphatic heterocycles.